The number of anilines is 1. The predicted molar refractivity (Wildman–Crippen MR) is 90.1 cm³/mol. The van der Waals surface area contributed by atoms with E-state index in [1.54, 1.807) is 24.0 Å². The van der Waals surface area contributed by atoms with Crippen LogP contribution in [0.2, 0.25) is 0 Å². The van der Waals surface area contributed by atoms with Gasteiger partial charge in [-0.15, -0.1) is 0 Å². The first-order chi connectivity index (χ1) is 10.7. The molecule has 0 bridgehead atoms. The summed E-state index contributed by atoms with van der Waals surface area (Å²) in [6.07, 6.45) is 1.13. The Kier molecular flexibility index (Phi) is 5.31. The Morgan fingerprint density at radius 2 is 1.70 bits per heavy atom. The van der Waals surface area contributed by atoms with Gasteiger partial charge in [-0.05, 0) is 44.0 Å². The molecule has 6 nitrogen and oxygen atoms in total. The molecule has 1 atom stereocenters. The van der Waals surface area contributed by atoms with Crippen LogP contribution in [0, 0.1) is 13.8 Å². The number of carbonyl (C=O) groups excluding carboxylic acids is 1. The topological polar surface area (TPSA) is 66.9 Å². The maximum Gasteiger partial charge on any atom is 0.246 e. The molecule has 0 N–H and O–H groups in total. The van der Waals surface area contributed by atoms with Gasteiger partial charge in [-0.25, -0.2) is 8.42 Å². The molecule has 0 aliphatic carbocycles. The molecule has 0 radical (unpaired) electrons. The van der Waals surface area contributed by atoms with E-state index >= 15 is 0 Å². The molecule has 1 amide bonds. The molecule has 7 heteroatoms. The number of rotatable bonds is 4. The summed E-state index contributed by atoms with van der Waals surface area (Å²) in [7, 11) is -3.58. The number of amides is 1. The zero-order valence-corrected chi connectivity index (χ0v) is 14.9. The normalized spacial score (nSPS) is 17.0. The summed E-state index contributed by atoms with van der Waals surface area (Å²) >= 11 is 0. The molecular weight excluding hydrogens is 316 g/mol. The lowest BCUT2D eigenvalue weighted by Crippen LogP contribution is -2.52. The van der Waals surface area contributed by atoms with Crippen molar-refractivity contribution in [2.75, 3.05) is 36.9 Å². The summed E-state index contributed by atoms with van der Waals surface area (Å²) in [5.74, 6) is -0.196. The van der Waals surface area contributed by atoms with Crippen molar-refractivity contribution in [1.29, 1.82) is 0 Å². The van der Waals surface area contributed by atoms with Gasteiger partial charge in [0.05, 0.1) is 25.2 Å². The Morgan fingerprint density at radius 3 is 2.17 bits per heavy atom. The van der Waals surface area contributed by atoms with Crippen LogP contribution in [0.3, 0.4) is 0 Å². The molecule has 0 spiro atoms. The fourth-order valence-corrected chi connectivity index (χ4v) is 4.08. The minimum atomic E-state index is -3.58. The summed E-state index contributed by atoms with van der Waals surface area (Å²) in [5, 5.41) is 0. The predicted octanol–water partition coefficient (Wildman–Crippen LogP) is 1.32. The third kappa shape index (κ3) is 4.23. The fourth-order valence-electron chi connectivity index (χ4n) is 2.93. The van der Waals surface area contributed by atoms with Crippen molar-refractivity contribution in [2.24, 2.45) is 0 Å². The van der Waals surface area contributed by atoms with Gasteiger partial charge in [0.2, 0.25) is 15.9 Å². The zero-order valence-electron chi connectivity index (χ0n) is 14.1. The second-order valence-corrected chi connectivity index (χ2v) is 7.88. The molecule has 1 saturated heterocycles. The summed E-state index contributed by atoms with van der Waals surface area (Å²) in [4.78, 5) is 14.4. The van der Waals surface area contributed by atoms with Gasteiger partial charge in [0.1, 0.15) is 6.04 Å². The van der Waals surface area contributed by atoms with Gasteiger partial charge >= 0.3 is 0 Å². The second-order valence-electron chi connectivity index (χ2n) is 6.02. The minimum Gasteiger partial charge on any atom is -0.378 e. The van der Waals surface area contributed by atoms with Gasteiger partial charge in [0.15, 0.2) is 0 Å². The molecule has 1 aliphatic rings. The first kappa shape index (κ1) is 17.7. The van der Waals surface area contributed by atoms with E-state index < -0.39 is 16.1 Å². The summed E-state index contributed by atoms with van der Waals surface area (Å²) in [6.45, 7) is 7.41. The van der Waals surface area contributed by atoms with Crippen LogP contribution in [0.15, 0.2) is 18.2 Å². The lowest BCUT2D eigenvalue weighted by atomic mass is 10.1. The molecule has 1 aromatic carbocycles. The SMILES string of the molecule is Cc1cc(C)cc(N([C@H](C)C(=O)N2CCOCC2)S(C)(=O)=O)c1. The van der Waals surface area contributed by atoms with Crippen LogP contribution in [-0.4, -0.2) is 57.8 Å². The molecule has 23 heavy (non-hydrogen) atoms. The first-order valence-corrected chi connectivity index (χ1v) is 9.49. The lowest BCUT2D eigenvalue weighted by molar-refractivity contribution is -0.136. The Labute approximate surface area is 138 Å². The van der Waals surface area contributed by atoms with Crippen LogP contribution in [0.25, 0.3) is 0 Å². The van der Waals surface area contributed by atoms with Gasteiger partial charge in [-0.1, -0.05) is 6.07 Å². The van der Waals surface area contributed by atoms with Gasteiger partial charge in [0.25, 0.3) is 0 Å². The largest absolute Gasteiger partial charge is 0.378 e. The van der Waals surface area contributed by atoms with E-state index in [0.717, 1.165) is 17.4 Å². The number of aryl methyl sites for hydroxylation is 2. The molecule has 1 heterocycles. The quantitative estimate of drug-likeness (QED) is 0.829. The van der Waals surface area contributed by atoms with Crippen molar-refractivity contribution in [3.63, 3.8) is 0 Å². The molecule has 2 rings (SSSR count). The van der Waals surface area contributed by atoms with Crippen molar-refractivity contribution in [1.82, 2.24) is 4.90 Å². The maximum absolute atomic E-state index is 12.7. The number of carbonyl (C=O) groups is 1. The molecule has 1 aromatic rings. The highest BCUT2D eigenvalue weighted by Gasteiger charge is 2.32. The highest BCUT2D eigenvalue weighted by molar-refractivity contribution is 7.92. The first-order valence-electron chi connectivity index (χ1n) is 7.64. The number of nitrogens with zero attached hydrogens (tertiary/aromatic N) is 2. The van der Waals surface area contributed by atoms with Crippen LogP contribution >= 0.6 is 0 Å². The van der Waals surface area contributed by atoms with Gasteiger partial charge < -0.3 is 9.64 Å². The molecule has 0 aromatic heterocycles. The van der Waals surface area contributed by atoms with Crippen LogP contribution in [0.5, 0.6) is 0 Å². The molecule has 1 aliphatic heterocycles. The molecule has 0 saturated carbocycles. The van der Waals surface area contributed by atoms with Crippen molar-refractivity contribution < 1.29 is 17.9 Å². The van der Waals surface area contributed by atoms with Crippen molar-refractivity contribution >= 4 is 21.6 Å². The van der Waals surface area contributed by atoms with Crippen molar-refractivity contribution in [3.05, 3.63) is 29.3 Å². The minimum absolute atomic E-state index is 0.196. The standard InChI is InChI=1S/C16H24N2O4S/c1-12-9-13(2)11-15(10-12)18(23(4,20)21)14(3)16(19)17-5-7-22-8-6-17/h9-11,14H,5-8H2,1-4H3/t14-/m1/s1. The van der Waals surface area contributed by atoms with Gasteiger partial charge in [-0.3, -0.25) is 9.10 Å². The van der Waals surface area contributed by atoms with E-state index in [2.05, 4.69) is 0 Å². The van der Waals surface area contributed by atoms with E-state index in [4.69, 9.17) is 4.74 Å². The Morgan fingerprint density at radius 1 is 1.17 bits per heavy atom. The summed E-state index contributed by atoms with van der Waals surface area (Å²) in [6, 6.07) is 4.76. The zero-order chi connectivity index (χ0) is 17.2. The number of ether oxygens (including phenoxy) is 1. The third-order valence-electron chi connectivity index (χ3n) is 3.85. The van der Waals surface area contributed by atoms with E-state index in [1.807, 2.05) is 19.9 Å². The summed E-state index contributed by atoms with van der Waals surface area (Å²) in [5.41, 5.74) is 2.44. The number of benzene rings is 1. The van der Waals surface area contributed by atoms with E-state index in [9.17, 15) is 13.2 Å². The third-order valence-corrected chi connectivity index (χ3v) is 5.09. The smallest absolute Gasteiger partial charge is 0.246 e. The van der Waals surface area contributed by atoms with E-state index in [-0.39, 0.29) is 5.91 Å². The van der Waals surface area contributed by atoms with Crippen molar-refractivity contribution in [3.8, 4) is 0 Å². The van der Waals surface area contributed by atoms with Crippen LogP contribution in [0.1, 0.15) is 18.1 Å². The fraction of sp³-hybridized carbons (Fsp3) is 0.562. The number of morpholine rings is 1. The molecule has 1 fully saturated rings. The van der Waals surface area contributed by atoms with Crippen LogP contribution in [0.4, 0.5) is 5.69 Å². The van der Waals surface area contributed by atoms with E-state index in [0.29, 0.717) is 32.0 Å². The monoisotopic (exact) mass is 340 g/mol. The molecular formula is C16H24N2O4S. The van der Waals surface area contributed by atoms with Crippen molar-refractivity contribution in [2.45, 2.75) is 26.8 Å². The van der Waals surface area contributed by atoms with Gasteiger partial charge in [-0.2, -0.15) is 0 Å². The lowest BCUT2D eigenvalue weighted by Gasteiger charge is -2.34. The average molecular weight is 340 g/mol. The van der Waals surface area contributed by atoms with Crippen LogP contribution < -0.4 is 4.31 Å². The highest BCUT2D eigenvalue weighted by atomic mass is 32.2. The maximum atomic E-state index is 12.7. The van der Waals surface area contributed by atoms with E-state index in [1.165, 1.54) is 4.31 Å². The average Bonchev–Trinajstić information content (AvgIpc) is 2.45. The highest BCUT2D eigenvalue weighted by Crippen LogP contribution is 2.24. The van der Waals surface area contributed by atoms with Crippen LogP contribution in [-0.2, 0) is 19.6 Å². The molecule has 128 valence electrons. The number of hydrogen-bond donors (Lipinski definition) is 0. The number of hydrogen-bond acceptors (Lipinski definition) is 4. The Bertz CT molecular complexity index is 661. The second kappa shape index (κ2) is 6.88. The Hall–Kier alpha value is -1.60. The summed E-state index contributed by atoms with van der Waals surface area (Å²) < 4.78 is 31.1. The molecule has 0 unspecified atom stereocenters. The Balaban J connectivity index is 2.36. The number of sulfonamides is 1. The van der Waals surface area contributed by atoms with Gasteiger partial charge in [0, 0.05) is 13.1 Å².